The van der Waals surface area contributed by atoms with E-state index in [1.165, 1.54) is 0 Å². The molecular weight excluding hydrogens is 377 g/mol. The van der Waals surface area contributed by atoms with Gasteiger partial charge < -0.3 is 25.1 Å². The number of aldehydes is 1. The van der Waals surface area contributed by atoms with Gasteiger partial charge in [0.05, 0.1) is 0 Å². The van der Waals surface area contributed by atoms with Gasteiger partial charge in [0.25, 0.3) is 0 Å². The molecule has 1 amide bonds. The topological polar surface area (TPSA) is 76.2 Å². The summed E-state index contributed by atoms with van der Waals surface area (Å²) in [5, 5.41) is 5.86. The number of alkyl carbamates (subject to hydrolysis) is 1. The second-order valence-corrected chi connectivity index (χ2v) is 7.50. The molecule has 2 saturated carbocycles. The molecule has 0 atom stereocenters. The third-order valence-corrected chi connectivity index (χ3v) is 3.85. The zero-order valence-corrected chi connectivity index (χ0v) is 16.5. The van der Waals surface area contributed by atoms with Gasteiger partial charge in [-0.25, -0.2) is 17.9 Å². The molecule has 0 aromatic rings. The average molecular weight is 404 g/mol. The second-order valence-electron chi connectivity index (χ2n) is 7.50. The van der Waals surface area contributed by atoms with E-state index in [0.717, 1.165) is 25.7 Å². The van der Waals surface area contributed by atoms with E-state index in [0.29, 0.717) is 12.1 Å². The minimum atomic E-state index is -4.64. The van der Waals surface area contributed by atoms with E-state index >= 15 is 0 Å². The lowest BCUT2D eigenvalue weighted by Crippen LogP contribution is -2.47. The van der Waals surface area contributed by atoms with Crippen LogP contribution in [-0.4, -0.2) is 55.4 Å². The highest BCUT2D eigenvalue weighted by atomic mass is 19.4. The number of amides is 1. The maximum Gasteiger partial charge on any atom is 0.446 e. The molecule has 0 spiro atoms. The van der Waals surface area contributed by atoms with Gasteiger partial charge in [0.15, 0.2) is 0 Å². The van der Waals surface area contributed by atoms with Crippen molar-refractivity contribution in [3.8, 4) is 0 Å². The third-order valence-electron chi connectivity index (χ3n) is 3.85. The van der Waals surface area contributed by atoms with Crippen LogP contribution in [0, 0.1) is 13.1 Å². The maximum absolute atomic E-state index is 11.2. The summed E-state index contributed by atoms with van der Waals surface area (Å²) < 4.78 is 36.3. The molecule has 7 nitrogen and oxygen atoms in total. The van der Waals surface area contributed by atoms with Crippen molar-refractivity contribution in [2.45, 2.75) is 82.4 Å². The Labute approximate surface area is 163 Å². The first-order valence-electron chi connectivity index (χ1n) is 8.76. The van der Waals surface area contributed by atoms with Crippen LogP contribution in [0.25, 0.3) is 9.69 Å². The fourth-order valence-corrected chi connectivity index (χ4v) is 2.21. The van der Waals surface area contributed by atoms with Crippen molar-refractivity contribution in [2.24, 2.45) is 0 Å². The lowest BCUT2D eigenvalue weighted by Gasteiger charge is -2.29. The number of rotatable bonds is 2. The van der Waals surface area contributed by atoms with E-state index in [1.54, 1.807) is 0 Å². The van der Waals surface area contributed by atoms with Crippen molar-refractivity contribution in [3.05, 3.63) is 22.8 Å². The number of alkyl halides is 3. The number of hydrogen-bond donors (Lipinski definition) is 2. The number of nitrogens with zero attached hydrogens (tertiary/aromatic N) is 2. The molecule has 0 aliphatic heterocycles. The van der Waals surface area contributed by atoms with Crippen molar-refractivity contribution >= 4 is 12.4 Å². The van der Waals surface area contributed by atoms with Crippen LogP contribution in [-0.2, 0) is 9.53 Å². The second kappa shape index (κ2) is 11.5. The number of nitrogens with one attached hydrogen (secondary N) is 2. The van der Waals surface area contributed by atoms with Crippen molar-refractivity contribution in [3.63, 3.8) is 0 Å². The molecule has 0 saturated heterocycles. The van der Waals surface area contributed by atoms with Crippen LogP contribution in [0.5, 0.6) is 0 Å². The molecule has 2 aliphatic rings. The Bertz CT molecular complexity index is 579. The molecule has 0 bridgehead atoms. The summed E-state index contributed by atoms with van der Waals surface area (Å²) >= 11 is 0. The summed E-state index contributed by atoms with van der Waals surface area (Å²) in [4.78, 5) is 26.7. The molecule has 0 unspecified atom stereocenters. The van der Waals surface area contributed by atoms with Gasteiger partial charge in [0.2, 0.25) is 18.4 Å². The molecule has 2 N–H and O–H groups in total. The largest absolute Gasteiger partial charge is 0.446 e. The highest BCUT2D eigenvalue weighted by Crippen LogP contribution is 2.23. The summed E-state index contributed by atoms with van der Waals surface area (Å²) in [5.41, 5.74) is -0.451. The highest BCUT2D eigenvalue weighted by Gasteiger charge is 2.35. The molecule has 2 aliphatic carbocycles. The van der Waals surface area contributed by atoms with Crippen LogP contribution in [0.1, 0.15) is 46.5 Å². The van der Waals surface area contributed by atoms with Crippen molar-refractivity contribution in [1.29, 1.82) is 0 Å². The van der Waals surface area contributed by atoms with Crippen LogP contribution >= 0.6 is 0 Å². The number of hydrogen-bond acceptors (Lipinski definition) is 4. The Balaban J connectivity index is 0.000000439. The zero-order chi connectivity index (χ0) is 22.0. The molecule has 2 rings (SSSR count). The minimum Gasteiger partial charge on any atom is -0.444 e. The van der Waals surface area contributed by atoms with E-state index in [2.05, 4.69) is 20.3 Å². The maximum atomic E-state index is 11.2. The Morgan fingerprint density at radius 2 is 1.43 bits per heavy atom. The van der Waals surface area contributed by atoms with Crippen molar-refractivity contribution in [1.82, 2.24) is 10.6 Å². The van der Waals surface area contributed by atoms with E-state index in [-0.39, 0.29) is 18.2 Å². The van der Waals surface area contributed by atoms with Crippen LogP contribution in [0.15, 0.2) is 0 Å². The van der Waals surface area contributed by atoms with Crippen molar-refractivity contribution < 1.29 is 27.5 Å². The van der Waals surface area contributed by atoms with Gasteiger partial charge in [0, 0.05) is 37.8 Å². The van der Waals surface area contributed by atoms with Gasteiger partial charge in [-0.3, -0.25) is 4.79 Å². The SMILES string of the molecule is O=CC(F)(F)F.[C-]#[N+]C1CC(NC(=O)OC(C)(C)C)C1.[C-]#[N+]C1CC(NC)C1. The molecule has 2 fully saturated rings. The average Bonchev–Trinajstić information content (AvgIpc) is 2.48. The standard InChI is InChI=1S/C10H16N2O2.C6H10N2.C2HF3O/c1-10(2,3)14-9(13)12-8-5-7(6-8)11-4;1-7-5-3-6(4-5)8-2;3-2(4,5)1-6/h7-8H,5-6H2,1-3H3,(H,12,13);5-7H,3-4H2,1H3;1H. The molecule has 0 heterocycles. The van der Waals surface area contributed by atoms with Crippen LogP contribution in [0.2, 0.25) is 0 Å². The number of ether oxygens (including phenoxy) is 1. The van der Waals surface area contributed by atoms with Crippen LogP contribution in [0.4, 0.5) is 18.0 Å². The Morgan fingerprint density at radius 1 is 1.04 bits per heavy atom. The normalized spacial score (nSPS) is 25.5. The Kier molecular flexibility index (Phi) is 10.5. The minimum absolute atomic E-state index is 0.0925. The highest BCUT2D eigenvalue weighted by molar-refractivity contribution is 5.68. The molecule has 158 valence electrons. The van der Waals surface area contributed by atoms with Gasteiger partial charge in [0.1, 0.15) is 5.60 Å². The molecule has 0 aromatic carbocycles. The summed E-state index contributed by atoms with van der Waals surface area (Å²) in [6, 6.07) is 1.18. The van der Waals surface area contributed by atoms with Crippen LogP contribution in [0.3, 0.4) is 0 Å². The smallest absolute Gasteiger partial charge is 0.444 e. The number of halogens is 3. The third kappa shape index (κ3) is 12.1. The first-order chi connectivity index (χ1) is 12.8. The van der Waals surface area contributed by atoms with E-state index in [4.69, 9.17) is 22.7 Å². The van der Waals surface area contributed by atoms with Gasteiger partial charge in [-0.15, -0.1) is 0 Å². The van der Waals surface area contributed by atoms with Crippen molar-refractivity contribution in [2.75, 3.05) is 7.05 Å². The van der Waals surface area contributed by atoms with E-state index in [9.17, 15) is 18.0 Å². The first kappa shape index (κ1) is 25.7. The molecule has 0 radical (unpaired) electrons. The predicted molar refractivity (Wildman–Crippen MR) is 97.4 cm³/mol. The zero-order valence-electron chi connectivity index (χ0n) is 16.5. The summed E-state index contributed by atoms with van der Waals surface area (Å²) in [7, 11) is 1.95. The van der Waals surface area contributed by atoms with Gasteiger partial charge in [-0.1, -0.05) is 0 Å². The van der Waals surface area contributed by atoms with Gasteiger partial charge in [-0.2, -0.15) is 13.2 Å². The molecule has 10 heteroatoms. The van der Waals surface area contributed by atoms with Gasteiger partial charge >= 0.3 is 12.3 Å². The molecule has 28 heavy (non-hydrogen) atoms. The lowest BCUT2D eigenvalue weighted by atomic mass is 9.88. The summed E-state index contributed by atoms with van der Waals surface area (Å²) in [6.07, 6.45) is -2.47. The predicted octanol–water partition coefficient (Wildman–Crippen LogP) is 3.37. The van der Waals surface area contributed by atoms with E-state index in [1.807, 2.05) is 27.8 Å². The Hall–Kier alpha value is -2.33. The number of carbonyl (C=O) groups excluding carboxylic acids is 2. The number of carbonyl (C=O) groups is 2. The fraction of sp³-hybridized carbons (Fsp3) is 0.778. The summed E-state index contributed by atoms with van der Waals surface area (Å²) in [6.45, 7) is 18.9. The van der Waals surface area contributed by atoms with E-state index < -0.39 is 18.1 Å². The Morgan fingerprint density at radius 3 is 1.71 bits per heavy atom. The lowest BCUT2D eigenvalue weighted by molar-refractivity contribution is -0.156. The monoisotopic (exact) mass is 404 g/mol. The molecule has 0 aromatic heterocycles. The van der Waals surface area contributed by atoms with Gasteiger partial charge in [-0.05, 0) is 27.8 Å². The quantitative estimate of drug-likeness (QED) is 0.547. The van der Waals surface area contributed by atoms with Crippen LogP contribution < -0.4 is 10.6 Å². The fourth-order valence-electron chi connectivity index (χ4n) is 2.21. The first-order valence-corrected chi connectivity index (χ1v) is 8.76. The molecular formula is C18H27F3N4O3. The summed E-state index contributed by atoms with van der Waals surface area (Å²) in [5.74, 6) is 0.